The van der Waals surface area contributed by atoms with Gasteiger partial charge in [-0.05, 0) is 68.5 Å². The van der Waals surface area contributed by atoms with Gasteiger partial charge in [-0.2, -0.15) is 13.2 Å². The van der Waals surface area contributed by atoms with E-state index in [9.17, 15) is 34.8 Å². The number of likely N-dealkylation sites (tertiary alicyclic amines) is 1. The molecule has 0 aromatic heterocycles. The standard InChI is InChI=1S/C25H30ClF3N2O5S2/c1-24(2,38(35,36)21-6-4-5-19(15-21)25(27,28)29)18-11-13-31(14-12-18)23(32)16-22(30-37(3,33)34)17-7-9-20(26)10-8-17/h4-10,15,18,22,30H,11-14,16H2,1-3H3/t22-/m1/s1. The minimum absolute atomic E-state index is 0.148. The fourth-order valence-electron chi connectivity index (χ4n) is 4.67. The second kappa shape index (κ2) is 11.1. The number of carbonyl (C=O) groups is 1. The number of piperidine rings is 1. The van der Waals surface area contributed by atoms with Crippen molar-refractivity contribution in [1.82, 2.24) is 9.62 Å². The highest BCUT2D eigenvalue weighted by atomic mass is 35.5. The number of sulfonamides is 1. The third-order valence-corrected chi connectivity index (χ3v) is 10.6. The first-order valence-corrected chi connectivity index (χ1v) is 15.6. The van der Waals surface area contributed by atoms with Crippen LogP contribution in [-0.2, 0) is 30.8 Å². The second-order valence-electron chi connectivity index (χ2n) is 9.99. The predicted molar refractivity (Wildman–Crippen MR) is 139 cm³/mol. The molecule has 38 heavy (non-hydrogen) atoms. The molecule has 0 bridgehead atoms. The molecule has 1 N–H and O–H groups in total. The van der Waals surface area contributed by atoms with Crippen molar-refractivity contribution in [2.45, 2.75) is 55.0 Å². The smallest absolute Gasteiger partial charge is 0.343 e. The van der Waals surface area contributed by atoms with E-state index in [1.807, 2.05) is 0 Å². The molecule has 1 amide bonds. The van der Waals surface area contributed by atoms with E-state index in [1.165, 1.54) is 13.8 Å². The Hall–Kier alpha value is -2.15. The molecule has 0 saturated carbocycles. The van der Waals surface area contributed by atoms with Crippen LogP contribution in [0.15, 0.2) is 53.4 Å². The number of alkyl halides is 3. The van der Waals surface area contributed by atoms with Crippen molar-refractivity contribution >= 4 is 37.4 Å². The van der Waals surface area contributed by atoms with Crippen molar-refractivity contribution in [1.29, 1.82) is 0 Å². The summed E-state index contributed by atoms with van der Waals surface area (Å²) in [7, 11) is -7.76. The van der Waals surface area contributed by atoms with E-state index >= 15 is 0 Å². The van der Waals surface area contributed by atoms with Crippen LogP contribution >= 0.6 is 11.6 Å². The van der Waals surface area contributed by atoms with Crippen molar-refractivity contribution in [3.05, 3.63) is 64.7 Å². The normalized spacial score (nSPS) is 16.9. The summed E-state index contributed by atoms with van der Waals surface area (Å²) in [6.07, 6.45) is -3.18. The summed E-state index contributed by atoms with van der Waals surface area (Å²) < 4.78 is 91.1. The summed E-state index contributed by atoms with van der Waals surface area (Å²) in [5.41, 5.74) is -0.468. The number of carbonyl (C=O) groups excluding carboxylic acids is 1. The lowest BCUT2D eigenvalue weighted by Crippen LogP contribution is -2.48. The summed E-state index contributed by atoms with van der Waals surface area (Å²) in [6, 6.07) is 9.36. The van der Waals surface area contributed by atoms with Gasteiger partial charge >= 0.3 is 6.18 Å². The molecule has 1 heterocycles. The Morgan fingerprint density at radius 2 is 1.63 bits per heavy atom. The van der Waals surface area contributed by atoms with Crippen LogP contribution < -0.4 is 4.72 Å². The molecule has 0 spiro atoms. The highest BCUT2D eigenvalue weighted by molar-refractivity contribution is 7.92. The molecule has 0 unspecified atom stereocenters. The van der Waals surface area contributed by atoms with Crippen molar-refractivity contribution in [3.63, 3.8) is 0 Å². The fourth-order valence-corrected chi connectivity index (χ4v) is 7.36. The number of rotatable bonds is 8. The lowest BCUT2D eigenvalue weighted by Gasteiger charge is -2.40. The number of hydrogen-bond acceptors (Lipinski definition) is 5. The maximum atomic E-state index is 13.4. The molecule has 2 aromatic carbocycles. The van der Waals surface area contributed by atoms with Gasteiger partial charge in [0.2, 0.25) is 15.9 Å². The third-order valence-electron chi connectivity index (χ3n) is 7.00. The van der Waals surface area contributed by atoms with Gasteiger partial charge in [0.25, 0.3) is 0 Å². The summed E-state index contributed by atoms with van der Waals surface area (Å²) in [5, 5.41) is 0.461. The van der Waals surface area contributed by atoms with Crippen LogP contribution in [-0.4, -0.2) is 51.7 Å². The van der Waals surface area contributed by atoms with Crippen molar-refractivity contribution < 1.29 is 34.8 Å². The molecule has 0 aliphatic carbocycles. The van der Waals surface area contributed by atoms with Crippen molar-refractivity contribution in [2.75, 3.05) is 19.3 Å². The van der Waals surface area contributed by atoms with Crippen molar-refractivity contribution in [2.24, 2.45) is 5.92 Å². The highest BCUT2D eigenvalue weighted by Crippen LogP contribution is 2.39. The zero-order valence-corrected chi connectivity index (χ0v) is 23.5. The van der Waals surface area contributed by atoms with Crippen LogP contribution in [0.4, 0.5) is 13.2 Å². The van der Waals surface area contributed by atoms with E-state index in [0.717, 1.165) is 24.5 Å². The van der Waals surface area contributed by atoms with Crippen LogP contribution in [0, 0.1) is 5.92 Å². The molecule has 3 rings (SSSR count). The molecule has 1 atom stereocenters. The average Bonchev–Trinajstić information content (AvgIpc) is 2.82. The molecule has 1 aliphatic rings. The van der Waals surface area contributed by atoms with E-state index in [1.54, 1.807) is 29.2 Å². The molecule has 7 nitrogen and oxygen atoms in total. The van der Waals surface area contributed by atoms with E-state index in [0.29, 0.717) is 29.5 Å². The van der Waals surface area contributed by atoms with Gasteiger partial charge in [0.05, 0.1) is 27.5 Å². The van der Waals surface area contributed by atoms with Gasteiger partial charge in [-0.15, -0.1) is 0 Å². The number of nitrogens with one attached hydrogen (secondary N) is 1. The number of amides is 1. The predicted octanol–water partition coefficient (Wildman–Crippen LogP) is 4.83. The molecule has 1 fully saturated rings. The average molecular weight is 595 g/mol. The van der Waals surface area contributed by atoms with Crippen molar-refractivity contribution in [3.8, 4) is 0 Å². The molecule has 1 saturated heterocycles. The summed E-state index contributed by atoms with van der Waals surface area (Å²) >= 11 is 5.92. The van der Waals surface area contributed by atoms with E-state index in [4.69, 9.17) is 11.6 Å². The maximum Gasteiger partial charge on any atom is 0.416 e. The zero-order valence-electron chi connectivity index (χ0n) is 21.1. The lowest BCUT2D eigenvalue weighted by molar-refractivity contribution is -0.137. The second-order valence-corrected chi connectivity index (χ2v) is 14.7. The molecule has 0 radical (unpaired) electrons. The first kappa shape index (κ1) is 30.4. The third kappa shape index (κ3) is 7.08. The van der Waals surface area contributed by atoms with E-state index < -0.39 is 53.2 Å². The summed E-state index contributed by atoms with van der Waals surface area (Å²) in [5.74, 6) is -0.717. The molecular weight excluding hydrogens is 565 g/mol. The highest BCUT2D eigenvalue weighted by Gasteiger charge is 2.45. The quantitative estimate of drug-likeness (QED) is 0.472. The Kier molecular flexibility index (Phi) is 8.92. The first-order chi connectivity index (χ1) is 17.4. The number of nitrogens with zero attached hydrogens (tertiary/aromatic N) is 1. The van der Waals surface area contributed by atoms with Crippen LogP contribution in [0.2, 0.25) is 5.02 Å². The monoisotopic (exact) mass is 594 g/mol. The summed E-state index contributed by atoms with van der Waals surface area (Å²) in [4.78, 5) is 14.2. The topological polar surface area (TPSA) is 101 Å². The maximum absolute atomic E-state index is 13.4. The molecule has 2 aromatic rings. The Morgan fingerprint density at radius 1 is 1.05 bits per heavy atom. The lowest BCUT2D eigenvalue weighted by atomic mass is 9.85. The van der Waals surface area contributed by atoms with E-state index in [2.05, 4.69) is 4.72 Å². The van der Waals surface area contributed by atoms with Gasteiger partial charge in [0.15, 0.2) is 9.84 Å². The van der Waals surface area contributed by atoms with Gasteiger partial charge in [0, 0.05) is 24.5 Å². The number of hydrogen-bond donors (Lipinski definition) is 1. The molecule has 1 aliphatic heterocycles. The first-order valence-electron chi connectivity index (χ1n) is 11.8. The summed E-state index contributed by atoms with van der Waals surface area (Å²) in [6.45, 7) is 3.46. The van der Waals surface area contributed by atoms with Crippen LogP contribution in [0.25, 0.3) is 0 Å². The number of sulfone groups is 1. The largest absolute Gasteiger partial charge is 0.416 e. The minimum atomic E-state index is -4.67. The van der Waals surface area contributed by atoms with Crippen LogP contribution in [0.5, 0.6) is 0 Å². The Bertz CT molecular complexity index is 1370. The minimum Gasteiger partial charge on any atom is -0.343 e. The van der Waals surface area contributed by atoms with E-state index in [-0.39, 0.29) is 25.4 Å². The number of halogens is 4. The van der Waals surface area contributed by atoms with Crippen LogP contribution in [0.1, 0.15) is 50.3 Å². The Labute approximate surface area is 226 Å². The van der Waals surface area contributed by atoms with Crippen LogP contribution in [0.3, 0.4) is 0 Å². The van der Waals surface area contributed by atoms with Gasteiger partial charge in [0.1, 0.15) is 0 Å². The number of benzene rings is 2. The fraction of sp³-hybridized carbons (Fsp3) is 0.480. The molecular formula is C25H30ClF3N2O5S2. The van der Waals surface area contributed by atoms with Gasteiger partial charge in [-0.3, -0.25) is 4.79 Å². The molecule has 13 heteroatoms. The SMILES string of the molecule is CC(C)(C1CCN(C(=O)C[C@@H](NS(C)(=O)=O)c2ccc(Cl)cc2)CC1)S(=O)(=O)c1cccc(C(F)(F)F)c1. The molecule has 210 valence electrons. The van der Waals surface area contributed by atoms with Gasteiger partial charge < -0.3 is 4.90 Å². The van der Waals surface area contributed by atoms with Gasteiger partial charge in [-0.25, -0.2) is 21.6 Å². The Morgan fingerprint density at radius 3 is 2.16 bits per heavy atom. The Balaban J connectivity index is 1.72. The van der Waals surface area contributed by atoms with Gasteiger partial charge in [-0.1, -0.05) is 29.8 Å². The zero-order chi connectivity index (χ0) is 28.5.